The Kier molecular flexibility index (Phi) is 7.12. The van der Waals surface area contributed by atoms with Crippen molar-refractivity contribution in [2.24, 2.45) is 0 Å². The van der Waals surface area contributed by atoms with Crippen molar-refractivity contribution in [1.29, 1.82) is 0 Å². The summed E-state index contributed by atoms with van der Waals surface area (Å²) in [6, 6.07) is 8.81. The second-order valence-corrected chi connectivity index (χ2v) is 11.2. The number of benzene rings is 1. The van der Waals surface area contributed by atoms with Gasteiger partial charge in [0.15, 0.2) is 5.82 Å². The van der Waals surface area contributed by atoms with Crippen LogP contribution in [0.1, 0.15) is 53.7 Å². The number of ether oxygens (including phenoxy) is 1. The van der Waals surface area contributed by atoms with E-state index in [9.17, 15) is 13.2 Å². The van der Waals surface area contributed by atoms with E-state index in [1.54, 1.807) is 30.6 Å². The van der Waals surface area contributed by atoms with Gasteiger partial charge in [0.25, 0.3) is 16.1 Å². The number of pyridine rings is 1. The normalized spacial score (nSPS) is 17.4. The Morgan fingerprint density at radius 1 is 1.25 bits per heavy atom. The fourth-order valence-electron chi connectivity index (χ4n) is 4.03. The number of amides is 1. The molecule has 2 unspecified atom stereocenters. The highest BCUT2D eigenvalue weighted by atomic mass is 32.2. The molecule has 0 aliphatic heterocycles. The molecule has 2 heterocycles. The molecule has 1 aliphatic carbocycles. The van der Waals surface area contributed by atoms with Gasteiger partial charge in [-0.25, -0.2) is 4.98 Å². The number of nitrogens with zero attached hydrogens (tertiary/aromatic N) is 5. The van der Waals surface area contributed by atoms with Gasteiger partial charge in [0, 0.05) is 32.1 Å². The zero-order valence-electron chi connectivity index (χ0n) is 21.2. The molecule has 2 N–H and O–H groups in total. The van der Waals surface area contributed by atoms with Crippen LogP contribution in [0.15, 0.2) is 36.7 Å². The highest BCUT2D eigenvalue weighted by Gasteiger charge is 2.42. The van der Waals surface area contributed by atoms with Crippen LogP contribution in [0.5, 0.6) is 5.75 Å². The number of anilines is 1. The number of nitrogens with one attached hydrogen (secondary N) is 2. The van der Waals surface area contributed by atoms with Gasteiger partial charge in [-0.05, 0) is 62.6 Å². The molecule has 3 aromatic rings. The molecule has 1 saturated carbocycles. The van der Waals surface area contributed by atoms with Gasteiger partial charge in [0.05, 0.1) is 12.7 Å². The number of rotatable bonds is 9. The molecule has 1 aliphatic rings. The van der Waals surface area contributed by atoms with Gasteiger partial charge in [0.1, 0.15) is 23.6 Å². The molecular formula is C24H31N7O4S. The van der Waals surface area contributed by atoms with Crippen molar-refractivity contribution in [3.63, 3.8) is 0 Å². The molecule has 0 radical (unpaired) electrons. The maximum Gasteiger partial charge on any atom is 0.279 e. The lowest BCUT2D eigenvalue weighted by Crippen LogP contribution is -2.37. The van der Waals surface area contributed by atoms with Crippen molar-refractivity contribution in [3.05, 3.63) is 53.3 Å². The van der Waals surface area contributed by atoms with Crippen LogP contribution in [0.2, 0.25) is 0 Å². The van der Waals surface area contributed by atoms with Crippen molar-refractivity contribution in [3.8, 4) is 17.3 Å². The molecule has 0 spiro atoms. The van der Waals surface area contributed by atoms with Crippen LogP contribution in [0.3, 0.4) is 0 Å². The molecule has 36 heavy (non-hydrogen) atoms. The van der Waals surface area contributed by atoms with Crippen LogP contribution < -0.4 is 14.8 Å². The standard InChI is InChI=1S/C24H31N7O4S/c1-14(2)31-13-25-28-23(31)19-8-7-9-22(26-19)27-24(32)18-11-16(15(3)10-21(18)35-6)17-12-20(17)29-36(33,34)30(4)5/h7-11,13-14,17,20,29H,12H2,1-6H3,(H,26,27,32). The lowest BCUT2D eigenvalue weighted by atomic mass is 9.99. The lowest BCUT2D eigenvalue weighted by molar-refractivity contribution is 0.102. The van der Waals surface area contributed by atoms with Crippen LogP contribution in [0.4, 0.5) is 5.82 Å². The van der Waals surface area contributed by atoms with E-state index >= 15 is 0 Å². The van der Waals surface area contributed by atoms with Gasteiger partial charge in [-0.15, -0.1) is 10.2 Å². The second-order valence-electron chi connectivity index (χ2n) is 9.28. The van der Waals surface area contributed by atoms with Crippen LogP contribution in [0.25, 0.3) is 11.5 Å². The SMILES string of the molecule is COc1cc(C)c(C2CC2NS(=O)(=O)N(C)C)cc1C(=O)Nc1cccc(-c2nncn2C(C)C)n1. The molecule has 2 atom stereocenters. The van der Waals surface area contributed by atoms with E-state index in [2.05, 4.69) is 25.2 Å². The smallest absolute Gasteiger partial charge is 0.279 e. The highest BCUT2D eigenvalue weighted by molar-refractivity contribution is 7.87. The summed E-state index contributed by atoms with van der Waals surface area (Å²) in [5.41, 5.74) is 2.76. The summed E-state index contributed by atoms with van der Waals surface area (Å²) in [6.45, 7) is 5.97. The summed E-state index contributed by atoms with van der Waals surface area (Å²) in [7, 11) is 0.933. The quantitative estimate of drug-likeness (QED) is 0.450. The molecule has 11 nitrogen and oxygen atoms in total. The molecule has 0 bridgehead atoms. The molecule has 0 saturated heterocycles. The van der Waals surface area contributed by atoms with E-state index in [-0.39, 0.29) is 23.9 Å². The minimum absolute atomic E-state index is 0.0268. The van der Waals surface area contributed by atoms with Gasteiger partial charge < -0.3 is 14.6 Å². The van der Waals surface area contributed by atoms with Crippen LogP contribution >= 0.6 is 0 Å². The Morgan fingerprint density at radius 3 is 2.67 bits per heavy atom. The molecule has 2 aromatic heterocycles. The number of methoxy groups -OCH3 is 1. The monoisotopic (exact) mass is 513 g/mol. The molecule has 1 aromatic carbocycles. The minimum Gasteiger partial charge on any atom is -0.496 e. The van der Waals surface area contributed by atoms with E-state index in [4.69, 9.17) is 4.74 Å². The van der Waals surface area contributed by atoms with Crippen molar-refractivity contribution >= 4 is 21.9 Å². The highest BCUT2D eigenvalue weighted by Crippen LogP contribution is 2.44. The van der Waals surface area contributed by atoms with E-state index in [1.165, 1.54) is 21.2 Å². The fourth-order valence-corrected chi connectivity index (χ4v) is 4.88. The third kappa shape index (κ3) is 5.25. The molecule has 4 rings (SSSR count). The largest absolute Gasteiger partial charge is 0.496 e. The third-order valence-electron chi connectivity index (χ3n) is 6.15. The average Bonchev–Trinajstić information content (AvgIpc) is 3.37. The van der Waals surface area contributed by atoms with E-state index in [0.717, 1.165) is 15.4 Å². The molecule has 1 fully saturated rings. The molecular weight excluding hydrogens is 482 g/mol. The number of hydrogen-bond acceptors (Lipinski definition) is 7. The number of hydrogen-bond donors (Lipinski definition) is 2. The van der Waals surface area contributed by atoms with E-state index in [1.807, 2.05) is 31.4 Å². The minimum atomic E-state index is -3.54. The Morgan fingerprint density at radius 2 is 2.00 bits per heavy atom. The predicted molar refractivity (Wildman–Crippen MR) is 136 cm³/mol. The van der Waals surface area contributed by atoms with Gasteiger partial charge >= 0.3 is 0 Å². The van der Waals surface area contributed by atoms with Gasteiger partial charge in [-0.2, -0.15) is 17.4 Å². The average molecular weight is 514 g/mol. The predicted octanol–water partition coefficient (Wildman–Crippen LogP) is 2.74. The van der Waals surface area contributed by atoms with Crippen molar-refractivity contribution in [1.82, 2.24) is 28.8 Å². The van der Waals surface area contributed by atoms with Crippen molar-refractivity contribution in [2.75, 3.05) is 26.5 Å². The third-order valence-corrected chi connectivity index (χ3v) is 7.71. The Bertz CT molecular complexity index is 1380. The number of carbonyl (C=O) groups excluding carboxylic acids is 1. The summed E-state index contributed by atoms with van der Waals surface area (Å²) < 4.78 is 35.6. The molecule has 192 valence electrons. The van der Waals surface area contributed by atoms with Crippen LogP contribution in [-0.4, -0.2) is 65.6 Å². The van der Waals surface area contributed by atoms with E-state index < -0.39 is 10.2 Å². The van der Waals surface area contributed by atoms with Crippen LogP contribution in [0, 0.1) is 6.92 Å². The zero-order chi connectivity index (χ0) is 26.2. The van der Waals surface area contributed by atoms with Gasteiger partial charge in [-0.1, -0.05) is 6.07 Å². The maximum absolute atomic E-state index is 13.3. The Labute approximate surface area is 211 Å². The van der Waals surface area contributed by atoms with Crippen molar-refractivity contribution in [2.45, 2.75) is 45.2 Å². The van der Waals surface area contributed by atoms with Gasteiger partial charge in [0.2, 0.25) is 0 Å². The Balaban J connectivity index is 1.58. The van der Waals surface area contributed by atoms with Crippen molar-refractivity contribution < 1.29 is 17.9 Å². The second kappa shape index (κ2) is 9.96. The summed E-state index contributed by atoms with van der Waals surface area (Å²) in [6.07, 6.45) is 2.30. The summed E-state index contributed by atoms with van der Waals surface area (Å²) >= 11 is 0. The first-order chi connectivity index (χ1) is 17.0. The first-order valence-corrected chi connectivity index (χ1v) is 13.0. The topological polar surface area (TPSA) is 131 Å². The summed E-state index contributed by atoms with van der Waals surface area (Å²) in [5, 5.41) is 11.0. The maximum atomic E-state index is 13.3. The molecule has 12 heteroatoms. The van der Waals surface area contributed by atoms with Crippen LogP contribution in [-0.2, 0) is 10.2 Å². The summed E-state index contributed by atoms with van der Waals surface area (Å²) in [5.74, 6) is 0.991. The number of aryl methyl sites for hydroxylation is 1. The molecule has 1 amide bonds. The Hall–Kier alpha value is -3.35. The summed E-state index contributed by atoms with van der Waals surface area (Å²) in [4.78, 5) is 17.8. The van der Waals surface area contributed by atoms with Gasteiger partial charge in [-0.3, -0.25) is 4.79 Å². The first kappa shape index (κ1) is 25.7. The zero-order valence-corrected chi connectivity index (χ0v) is 22.0. The van der Waals surface area contributed by atoms with E-state index in [0.29, 0.717) is 35.1 Å². The lowest BCUT2D eigenvalue weighted by Gasteiger charge is -2.15. The first-order valence-electron chi connectivity index (χ1n) is 11.6. The fraction of sp³-hybridized carbons (Fsp3) is 0.417. The number of aromatic nitrogens is 4. The number of carbonyl (C=O) groups is 1.